The van der Waals surface area contributed by atoms with Gasteiger partial charge in [0.15, 0.2) is 4.34 Å². The zero-order valence-corrected chi connectivity index (χ0v) is 13.4. The largest absolute Gasteiger partial charge is 0.300 e. The number of nitro groups is 1. The van der Waals surface area contributed by atoms with E-state index in [4.69, 9.17) is 11.6 Å². The minimum absolute atomic E-state index is 0.111. The maximum absolute atomic E-state index is 12.3. The smallest absolute Gasteiger partial charge is 0.258 e. The molecule has 6 nitrogen and oxygen atoms in total. The van der Waals surface area contributed by atoms with Crippen molar-refractivity contribution in [2.24, 2.45) is 5.41 Å². The van der Waals surface area contributed by atoms with Gasteiger partial charge in [0.1, 0.15) is 4.21 Å². The molecule has 1 aliphatic carbocycles. The lowest BCUT2D eigenvalue weighted by atomic mass is 9.88. The molecular weight excluding hydrogens is 324 g/mol. The highest BCUT2D eigenvalue weighted by atomic mass is 35.5. The van der Waals surface area contributed by atoms with Crippen LogP contribution in [-0.4, -0.2) is 19.4 Å². The summed E-state index contributed by atoms with van der Waals surface area (Å²) in [6, 6.07) is 0.851. The summed E-state index contributed by atoms with van der Waals surface area (Å²) < 4.78 is 27.0. The van der Waals surface area contributed by atoms with Gasteiger partial charge in [-0.3, -0.25) is 10.1 Å². The van der Waals surface area contributed by atoms with Crippen LogP contribution >= 0.6 is 22.9 Å². The van der Waals surface area contributed by atoms with Crippen molar-refractivity contribution in [2.45, 2.75) is 43.4 Å². The van der Waals surface area contributed by atoms with Crippen LogP contribution < -0.4 is 4.72 Å². The molecule has 112 valence electrons. The topological polar surface area (TPSA) is 89.3 Å². The van der Waals surface area contributed by atoms with Gasteiger partial charge in [-0.1, -0.05) is 31.9 Å². The molecule has 1 aliphatic rings. The number of halogens is 1. The molecule has 0 spiro atoms. The maximum atomic E-state index is 12.3. The monoisotopic (exact) mass is 338 g/mol. The minimum atomic E-state index is -3.77. The molecule has 0 bridgehead atoms. The summed E-state index contributed by atoms with van der Waals surface area (Å²) in [6.07, 6.45) is 2.69. The van der Waals surface area contributed by atoms with E-state index < -0.39 is 14.9 Å². The molecule has 20 heavy (non-hydrogen) atoms. The molecule has 0 aliphatic heterocycles. The molecule has 9 heteroatoms. The van der Waals surface area contributed by atoms with Gasteiger partial charge >= 0.3 is 0 Å². The summed E-state index contributed by atoms with van der Waals surface area (Å²) in [5, 5.41) is 10.7. The molecule has 1 saturated carbocycles. The molecule has 0 amide bonds. The first-order chi connectivity index (χ1) is 9.13. The highest BCUT2D eigenvalue weighted by Crippen LogP contribution is 2.40. The van der Waals surface area contributed by atoms with E-state index in [2.05, 4.69) is 4.72 Å². The van der Waals surface area contributed by atoms with Crippen LogP contribution in [0.4, 0.5) is 5.69 Å². The summed E-state index contributed by atoms with van der Waals surface area (Å²) in [5.41, 5.74) is -0.484. The van der Waals surface area contributed by atoms with Crippen molar-refractivity contribution in [2.75, 3.05) is 0 Å². The predicted octanol–water partition coefficient (Wildman–Crippen LogP) is 3.17. The number of nitrogens with zero attached hydrogens (tertiary/aromatic N) is 1. The lowest BCUT2D eigenvalue weighted by molar-refractivity contribution is -0.384. The number of thiophene rings is 1. The third-order valence-corrected chi connectivity index (χ3v) is 6.95. The maximum Gasteiger partial charge on any atom is 0.300 e. The molecule has 0 radical (unpaired) electrons. The summed E-state index contributed by atoms with van der Waals surface area (Å²) in [6.45, 7) is 4.02. The highest BCUT2D eigenvalue weighted by Gasteiger charge is 2.38. The Hall–Kier alpha value is -0.700. The van der Waals surface area contributed by atoms with Crippen molar-refractivity contribution >= 4 is 38.6 Å². The normalized spacial score (nSPS) is 22.1. The molecule has 1 unspecified atom stereocenters. The van der Waals surface area contributed by atoms with Crippen molar-refractivity contribution in [1.82, 2.24) is 4.72 Å². The van der Waals surface area contributed by atoms with Gasteiger partial charge in [-0.05, 0) is 18.3 Å². The number of rotatable bonds is 4. The van der Waals surface area contributed by atoms with Gasteiger partial charge in [0, 0.05) is 12.1 Å². The highest BCUT2D eigenvalue weighted by molar-refractivity contribution is 7.91. The van der Waals surface area contributed by atoms with Crippen LogP contribution in [0.5, 0.6) is 0 Å². The van der Waals surface area contributed by atoms with Crippen LogP contribution in [-0.2, 0) is 10.0 Å². The van der Waals surface area contributed by atoms with E-state index in [1.54, 1.807) is 0 Å². The van der Waals surface area contributed by atoms with E-state index in [0.717, 1.165) is 25.3 Å². The first-order valence-electron chi connectivity index (χ1n) is 6.09. The molecule has 1 N–H and O–H groups in total. The Labute approximate surface area is 126 Å². The zero-order valence-electron chi connectivity index (χ0n) is 11.1. The van der Waals surface area contributed by atoms with Gasteiger partial charge in [-0.25, -0.2) is 13.1 Å². The summed E-state index contributed by atoms with van der Waals surface area (Å²) in [5.74, 6) is 0. The fourth-order valence-corrected chi connectivity index (χ4v) is 5.51. The Kier molecular flexibility index (Phi) is 4.12. The van der Waals surface area contributed by atoms with Crippen LogP contribution in [0.25, 0.3) is 0 Å². The van der Waals surface area contributed by atoms with Crippen LogP contribution in [0.2, 0.25) is 4.34 Å². The van der Waals surface area contributed by atoms with E-state index in [-0.39, 0.29) is 25.7 Å². The van der Waals surface area contributed by atoms with Crippen molar-refractivity contribution in [1.29, 1.82) is 0 Å². The Balaban J connectivity index is 2.27. The quantitative estimate of drug-likeness (QED) is 0.674. The molecule has 1 atom stereocenters. The molecule has 1 heterocycles. The SMILES string of the molecule is CC1(C)CCCC1NS(=O)(=O)c1cc([N+](=O)[O-])c(Cl)s1. The van der Waals surface area contributed by atoms with E-state index in [1.165, 1.54) is 0 Å². The van der Waals surface area contributed by atoms with Crippen LogP contribution in [0.1, 0.15) is 33.1 Å². The zero-order chi connectivity index (χ0) is 15.1. The predicted molar refractivity (Wildman–Crippen MR) is 77.7 cm³/mol. The first-order valence-corrected chi connectivity index (χ1v) is 8.77. The van der Waals surface area contributed by atoms with E-state index in [1.807, 2.05) is 13.8 Å². The summed E-state index contributed by atoms with van der Waals surface area (Å²) in [7, 11) is -3.77. The van der Waals surface area contributed by atoms with Gasteiger partial charge in [-0.15, -0.1) is 11.3 Å². The third kappa shape index (κ3) is 2.98. The second kappa shape index (κ2) is 5.25. The van der Waals surface area contributed by atoms with E-state index >= 15 is 0 Å². The molecule has 1 aromatic rings. The third-order valence-electron chi connectivity index (χ3n) is 3.66. The standard InChI is InChI=1S/C11H15ClN2O4S2/c1-11(2)5-3-4-8(11)13-20(17,18)9-6-7(14(15)16)10(12)19-9/h6,8,13H,3-5H2,1-2H3. The summed E-state index contributed by atoms with van der Waals surface area (Å²) >= 11 is 6.41. The number of hydrogen-bond acceptors (Lipinski definition) is 5. The van der Waals surface area contributed by atoms with Gasteiger partial charge in [0.2, 0.25) is 0 Å². The lowest BCUT2D eigenvalue weighted by Crippen LogP contribution is -2.41. The van der Waals surface area contributed by atoms with Crippen molar-refractivity contribution < 1.29 is 13.3 Å². The lowest BCUT2D eigenvalue weighted by Gasteiger charge is -2.27. The molecule has 0 saturated heterocycles. The second-order valence-electron chi connectivity index (χ2n) is 5.54. The van der Waals surface area contributed by atoms with Gasteiger partial charge in [0.05, 0.1) is 4.92 Å². The fraction of sp³-hybridized carbons (Fsp3) is 0.636. The first kappa shape index (κ1) is 15.7. The molecule has 1 fully saturated rings. The van der Waals surface area contributed by atoms with Gasteiger partial charge in [0.25, 0.3) is 15.7 Å². The Morgan fingerprint density at radius 2 is 2.20 bits per heavy atom. The van der Waals surface area contributed by atoms with Gasteiger partial charge < -0.3 is 0 Å². The van der Waals surface area contributed by atoms with Crippen LogP contribution in [0, 0.1) is 15.5 Å². The van der Waals surface area contributed by atoms with Crippen molar-refractivity contribution in [3.63, 3.8) is 0 Å². The molecule has 0 aromatic carbocycles. The average molecular weight is 339 g/mol. The average Bonchev–Trinajstić information content (AvgIpc) is 2.83. The van der Waals surface area contributed by atoms with Gasteiger partial charge in [-0.2, -0.15) is 0 Å². The van der Waals surface area contributed by atoms with Crippen molar-refractivity contribution in [3.05, 3.63) is 20.5 Å². The Bertz CT molecular complexity index is 639. The Morgan fingerprint density at radius 1 is 1.55 bits per heavy atom. The molecule has 1 aromatic heterocycles. The fourth-order valence-electron chi connectivity index (χ4n) is 2.39. The van der Waals surface area contributed by atoms with Crippen LogP contribution in [0.15, 0.2) is 10.3 Å². The minimum Gasteiger partial charge on any atom is -0.258 e. The van der Waals surface area contributed by atoms with Crippen LogP contribution in [0.3, 0.4) is 0 Å². The Morgan fingerprint density at radius 3 is 2.65 bits per heavy atom. The van der Waals surface area contributed by atoms with E-state index in [0.29, 0.717) is 11.3 Å². The summed E-state index contributed by atoms with van der Waals surface area (Å²) in [4.78, 5) is 10.0. The van der Waals surface area contributed by atoms with E-state index in [9.17, 15) is 18.5 Å². The number of nitrogens with one attached hydrogen (secondary N) is 1. The number of hydrogen-bond donors (Lipinski definition) is 1. The number of sulfonamides is 1. The molecule has 2 rings (SSSR count). The van der Waals surface area contributed by atoms with Crippen molar-refractivity contribution in [3.8, 4) is 0 Å². The second-order valence-corrected chi connectivity index (χ2v) is 9.13. The molecular formula is C11H15ClN2O4S2.